The van der Waals surface area contributed by atoms with Gasteiger partial charge in [0.1, 0.15) is 5.69 Å². The molecule has 5 heteroatoms. The Balaban J connectivity index is 3.31. The van der Waals surface area contributed by atoms with Crippen molar-refractivity contribution in [2.45, 2.75) is 6.92 Å². The molecule has 0 fully saturated rings. The van der Waals surface area contributed by atoms with Crippen LogP contribution in [0.4, 0.5) is 0 Å². The second kappa shape index (κ2) is 2.69. The van der Waals surface area contributed by atoms with E-state index >= 15 is 0 Å². The smallest absolute Gasteiger partial charge is 0.338 e. The Kier molecular flexibility index (Phi) is 1.86. The van der Waals surface area contributed by atoms with Crippen LogP contribution in [-0.2, 0) is 0 Å². The van der Waals surface area contributed by atoms with E-state index < -0.39 is 5.97 Å². The lowest BCUT2D eigenvalue weighted by Crippen LogP contribution is -2.16. The number of carbonyl (C=O) groups excluding carboxylic acids is 1. The van der Waals surface area contributed by atoms with Crippen LogP contribution in [0.25, 0.3) is 0 Å². The molecule has 0 aliphatic carbocycles. The quantitative estimate of drug-likeness (QED) is 0.484. The number of rotatable bonds is 2. The van der Waals surface area contributed by atoms with E-state index in [1.807, 2.05) is 0 Å². The number of nitrogens with zero attached hydrogens (tertiary/aromatic N) is 1. The summed E-state index contributed by atoms with van der Waals surface area (Å²) in [7, 11) is 0. The van der Waals surface area contributed by atoms with Crippen molar-refractivity contribution in [3.63, 3.8) is 0 Å². The number of carboxylic acid groups (broad SMARTS) is 1. The first kappa shape index (κ1) is 8.32. The minimum absolute atomic E-state index is 0.0162. The molecule has 0 aromatic carbocycles. The van der Waals surface area contributed by atoms with Gasteiger partial charge in [-0.05, 0) is 6.07 Å². The monoisotopic (exact) mass is 168 g/mol. The zero-order valence-corrected chi connectivity index (χ0v) is 6.44. The highest BCUT2D eigenvalue weighted by atomic mass is 16.4. The minimum Gasteiger partial charge on any atom is -0.478 e. The molecule has 1 rings (SSSR count). The lowest BCUT2D eigenvalue weighted by Gasteiger charge is -1.98. The third-order valence-corrected chi connectivity index (χ3v) is 1.48. The molecule has 0 aliphatic heterocycles. The summed E-state index contributed by atoms with van der Waals surface area (Å²) in [5.41, 5.74) is -0.0486. The minimum atomic E-state index is -1.15. The van der Waals surface area contributed by atoms with Crippen LogP contribution in [0.5, 0.6) is 0 Å². The molecule has 0 saturated carbocycles. The maximum absolute atomic E-state index is 10.9. The van der Waals surface area contributed by atoms with Gasteiger partial charge in [0.25, 0.3) is 0 Å². The number of aromatic carboxylic acids is 1. The fourth-order valence-corrected chi connectivity index (χ4v) is 0.991. The maximum Gasteiger partial charge on any atom is 0.338 e. The molecule has 0 aliphatic rings. The summed E-state index contributed by atoms with van der Waals surface area (Å²) in [6.45, 7) is 1.27. The van der Waals surface area contributed by atoms with Gasteiger partial charge in [-0.1, -0.05) is 0 Å². The number of nitrogen functional groups attached to an aromatic ring is 1. The molecule has 0 atom stereocenters. The summed E-state index contributed by atoms with van der Waals surface area (Å²) in [5, 5.41) is 8.61. The molecule has 5 nitrogen and oxygen atoms in total. The molecule has 0 spiro atoms. The molecule has 1 aromatic heterocycles. The van der Waals surface area contributed by atoms with Gasteiger partial charge in [-0.2, -0.15) is 0 Å². The number of carbonyl (C=O) groups is 2. The largest absolute Gasteiger partial charge is 0.478 e. The Hall–Kier alpha value is -1.78. The Morgan fingerprint density at radius 2 is 2.17 bits per heavy atom. The van der Waals surface area contributed by atoms with Crippen molar-refractivity contribution in [2.75, 3.05) is 5.84 Å². The second-order valence-corrected chi connectivity index (χ2v) is 2.35. The number of hydrogen-bond donors (Lipinski definition) is 2. The average Bonchev–Trinajstić information content (AvgIpc) is 2.30. The first-order valence-corrected chi connectivity index (χ1v) is 3.24. The first-order chi connectivity index (χ1) is 5.54. The molecule has 0 amide bonds. The lowest BCUT2D eigenvalue weighted by atomic mass is 10.2. The van der Waals surface area contributed by atoms with Gasteiger partial charge in [-0.25, -0.2) is 4.79 Å². The molecule has 1 aromatic rings. The van der Waals surface area contributed by atoms with Crippen molar-refractivity contribution in [1.29, 1.82) is 0 Å². The second-order valence-electron chi connectivity index (χ2n) is 2.35. The molecule has 12 heavy (non-hydrogen) atoms. The van der Waals surface area contributed by atoms with Crippen molar-refractivity contribution in [2.24, 2.45) is 0 Å². The van der Waals surface area contributed by atoms with E-state index in [1.54, 1.807) is 0 Å². The van der Waals surface area contributed by atoms with E-state index in [1.165, 1.54) is 19.2 Å². The van der Waals surface area contributed by atoms with Crippen LogP contribution < -0.4 is 5.84 Å². The number of Topliss-reactive ketones (excluding diaryl/α,β-unsaturated/α-hetero) is 1. The summed E-state index contributed by atoms with van der Waals surface area (Å²) < 4.78 is 1.01. The lowest BCUT2D eigenvalue weighted by molar-refractivity contribution is 0.0692. The van der Waals surface area contributed by atoms with Gasteiger partial charge >= 0.3 is 5.97 Å². The zero-order chi connectivity index (χ0) is 9.30. The summed E-state index contributed by atoms with van der Waals surface area (Å²) >= 11 is 0. The van der Waals surface area contributed by atoms with E-state index in [0.29, 0.717) is 0 Å². The molecule has 0 unspecified atom stereocenters. The summed E-state index contributed by atoms with van der Waals surface area (Å²) in [5.74, 6) is 3.80. The van der Waals surface area contributed by atoms with Crippen LogP contribution in [0, 0.1) is 0 Å². The molecule has 0 radical (unpaired) electrons. The number of carboxylic acids is 1. The molecule has 0 saturated heterocycles. The fraction of sp³-hybridized carbons (Fsp3) is 0.143. The summed E-state index contributed by atoms with van der Waals surface area (Å²) in [6.07, 6.45) is 1.33. The van der Waals surface area contributed by atoms with Crippen molar-refractivity contribution in [3.05, 3.63) is 23.5 Å². The van der Waals surface area contributed by atoms with Gasteiger partial charge < -0.3 is 10.9 Å². The summed E-state index contributed by atoms with van der Waals surface area (Å²) in [6, 6.07) is 1.29. The molecule has 3 N–H and O–H groups in total. The van der Waals surface area contributed by atoms with E-state index in [2.05, 4.69) is 0 Å². The van der Waals surface area contributed by atoms with Crippen LogP contribution in [0.2, 0.25) is 0 Å². The van der Waals surface area contributed by atoms with Gasteiger partial charge in [0.05, 0.1) is 5.56 Å². The van der Waals surface area contributed by atoms with E-state index in [4.69, 9.17) is 10.9 Å². The van der Waals surface area contributed by atoms with Crippen LogP contribution >= 0.6 is 0 Å². The van der Waals surface area contributed by atoms with Crippen molar-refractivity contribution in [1.82, 2.24) is 4.68 Å². The van der Waals surface area contributed by atoms with Crippen LogP contribution in [-0.4, -0.2) is 21.5 Å². The number of nitrogens with two attached hydrogens (primary N) is 1. The van der Waals surface area contributed by atoms with Gasteiger partial charge in [0.2, 0.25) is 0 Å². The number of ketones is 1. The third-order valence-electron chi connectivity index (χ3n) is 1.48. The van der Waals surface area contributed by atoms with E-state index in [9.17, 15) is 9.59 Å². The molecule has 64 valence electrons. The highest BCUT2D eigenvalue weighted by molar-refractivity contribution is 6.03. The SMILES string of the molecule is CC(=O)c1c(C(=O)O)ccn1N. The number of aromatic nitrogens is 1. The van der Waals surface area contributed by atoms with Crippen LogP contribution in [0.3, 0.4) is 0 Å². The van der Waals surface area contributed by atoms with Gasteiger partial charge in [0.15, 0.2) is 5.78 Å². The van der Waals surface area contributed by atoms with Crippen LogP contribution in [0.1, 0.15) is 27.8 Å². The van der Waals surface area contributed by atoms with Crippen molar-refractivity contribution >= 4 is 11.8 Å². The third kappa shape index (κ3) is 1.16. The molecule has 1 heterocycles. The predicted molar refractivity (Wildman–Crippen MR) is 41.5 cm³/mol. The van der Waals surface area contributed by atoms with Gasteiger partial charge in [-0.3, -0.25) is 9.47 Å². The first-order valence-electron chi connectivity index (χ1n) is 3.24. The van der Waals surface area contributed by atoms with E-state index in [0.717, 1.165) is 4.68 Å². The Bertz CT molecular complexity index is 340. The molecular weight excluding hydrogens is 160 g/mol. The maximum atomic E-state index is 10.9. The highest BCUT2D eigenvalue weighted by Crippen LogP contribution is 2.08. The van der Waals surface area contributed by atoms with Crippen molar-refractivity contribution in [3.8, 4) is 0 Å². The highest BCUT2D eigenvalue weighted by Gasteiger charge is 2.16. The standard InChI is InChI=1S/C7H8N2O3/c1-4(10)6-5(7(11)12)2-3-9(6)8/h2-3H,8H2,1H3,(H,11,12). The molecule has 0 bridgehead atoms. The average molecular weight is 168 g/mol. The van der Waals surface area contributed by atoms with Gasteiger partial charge in [-0.15, -0.1) is 0 Å². The van der Waals surface area contributed by atoms with Crippen molar-refractivity contribution < 1.29 is 14.7 Å². The Morgan fingerprint density at radius 1 is 1.58 bits per heavy atom. The fourth-order valence-electron chi connectivity index (χ4n) is 0.991. The number of hydrogen-bond acceptors (Lipinski definition) is 3. The Morgan fingerprint density at radius 3 is 2.50 bits per heavy atom. The predicted octanol–water partition coefficient (Wildman–Crippen LogP) is 0.103. The normalized spacial score (nSPS) is 9.75. The topological polar surface area (TPSA) is 85.3 Å². The van der Waals surface area contributed by atoms with Gasteiger partial charge in [0, 0.05) is 13.1 Å². The van der Waals surface area contributed by atoms with Crippen LogP contribution in [0.15, 0.2) is 12.3 Å². The Labute approximate surface area is 68.4 Å². The van der Waals surface area contributed by atoms with E-state index in [-0.39, 0.29) is 17.0 Å². The molecular formula is C7H8N2O3. The summed E-state index contributed by atoms with van der Waals surface area (Å²) in [4.78, 5) is 21.4. The zero-order valence-electron chi connectivity index (χ0n) is 6.44.